The summed E-state index contributed by atoms with van der Waals surface area (Å²) in [4.78, 5) is 21.5. The van der Waals surface area contributed by atoms with Gasteiger partial charge in [-0.3, -0.25) is 4.79 Å². The van der Waals surface area contributed by atoms with E-state index in [1.165, 1.54) is 5.56 Å². The zero-order chi connectivity index (χ0) is 21.4. The molecule has 1 atom stereocenters. The molecule has 0 spiro atoms. The van der Waals surface area contributed by atoms with Crippen LogP contribution in [0.4, 0.5) is 5.82 Å². The fourth-order valence-electron chi connectivity index (χ4n) is 4.05. The van der Waals surface area contributed by atoms with Gasteiger partial charge in [-0.2, -0.15) is 14.8 Å². The van der Waals surface area contributed by atoms with E-state index in [1.54, 1.807) is 23.0 Å². The summed E-state index contributed by atoms with van der Waals surface area (Å²) in [6, 6.07) is 15.7. The number of primary amides is 1. The number of fused-ring (bicyclic) bond motifs is 2. The second-order valence-corrected chi connectivity index (χ2v) is 7.66. The molecule has 0 bridgehead atoms. The van der Waals surface area contributed by atoms with Crippen LogP contribution in [0.2, 0.25) is 0 Å². The predicted octanol–water partition coefficient (Wildman–Crippen LogP) is 2.73. The number of nitrogens with one attached hydrogen (secondary N) is 2. The first-order valence-corrected chi connectivity index (χ1v) is 10.3. The lowest BCUT2D eigenvalue weighted by Gasteiger charge is -2.25. The topological polar surface area (TPSA) is 111 Å². The summed E-state index contributed by atoms with van der Waals surface area (Å²) in [5.74, 6) is 0.785. The zero-order valence-electron chi connectivity index (χ0n) is 17.2. The van der Waals surface area contributed by atoms with E-state index in [0.717, 1.165) is 35.6 Å². The van der Waals surface area contributed by atoms with Crippen molar-refractivity contribution in [3.8, 4) is 5.95 Å². The van der Waals surface area contributed by atoms with Crippen LogP contribution in [0.25, 0.3) is 16.9 Å². The molecular formula is C23H23N7O. The smallest absolute Gasteiger partial charge is 0.253 e. The lowest BCUT2D eigenvalue weighted by Crippen LogP contribution is -2.30. The molecule has 1 aliphatic rings. The quantitative estimate of drug-likeness (QED) is 0.464. The molecule has 5 rings (SSSR count). The predicted molar refractivity (Wildman–Crippen MR) is 119 cm³/mol. The zero-order valence-corrected chi connectivity index (χ0v) is 17.2. The SMILES string of the molecule is CC1NCCc2c(NCc3ccccc3)nc(-n3ncc4c(C(N)=O)cccc43)nc21. The van der Waals surface area contributed by atoms with E-state index in [2.05, 4.69) is 34.8 Å². The van der Waals surface area contributed by atoms with Gasteiger partial charge in [0.25, 0.3) is 5.95 Å². The van der Waals surface area contributed by atoms with Crippen molar-refractivity contribution in [3.63, 3.8) is 0 Å². The summed E-state index contributed by atoms with van der Waals surface area (Å²) in [7, 11) is 0. The van der Waals surface area contributed by atoms with E-state index in [-0.39, 0.29) is 6.04 Å². The molecule has 0 aliphatic carbocycles. The van der Waals surface area contributed by atoms with Crippen LogP contribution in [-0.4, -0.2) is 32.2 Å². The van der Waals surface area contributed by atoms with Crippen molar-refractivity contribution in [2.45, 2.75) is 25.9 Å². The molecule has 2 aromatic heterocycles. The normalized spacial score (nSPS) is 15.6. The highest BCUT2D eigenvalue weighted by Crippen LogP contribution is 2.29. The Bertz CT molecular complexity index is 1270. The molecule has 0 saturated carbocycles. The van der Waals surface area contributed by atoms with Crippen LogP contribution >= 0.6 is 0 Å². The van der Waals surface area contributed by atoms with E-state index in [0.29, 0.717) is 23.4 Å². The van der Waals surface area contributed by atoms with Crippen molar-refractivity contribution in [1.29, 1.82) is 0 Å². The molecule has 2 aromatic carbocycles. The number of nitrogens with two attached hydrogens (primary N) is 1. The molecule has 0 fully saturated rings. The van der Waals surface area contributed by atoms with Crippen molar-refractivity contribution in [2.24, 2.45) is 5.73 Å². The summed E-state index contributed by atoms with van der Waals surface area (Å²) in [6.07, 6.45) is 2.49. The summed E-state index contributed by atoms with van der Waals surface area (Å²) >= 11 is 0. The van der Waals surface area contributed by atoms with E-state index < -0.39 is 5.91 Å². The first-order chi connectivity index (χ1) is 15.1. The standard InChI is InChI=1S/C23H23N7O/c1-14-20-17(10-11-25-14)22(26-12-15-6-3-2-4-7-15)29-23(28-20)30-19-9-5-8-16(21(24)31)18(19)13-27-30/h2-9,13-14,25H,10-12H2,1H3,(H2,24,31)(H,26,28,29). The lowest BCUT2D eigenvalue weighted by molar-refractivity contribution is 0.100. The van der Waals surface area contributed by atoms with Gasteiger partial charge in [-0.25, -0.2) is 4.98 Å². The molecule has 0 radical (unpaired) electrons. The minimum absolute atomic E-state index is 0.103. The number of benzene rings is 2. The van der Waals surface area contributed by atoms with Crippen LogP contribution in [0.15, 0.2) is 54.7 Å². The average molecular weight is 413 g/mol. The molecule has 4 aromatic rings. The second-order valence-electron chi connectivity index (χ2n) is 7.66. The van der Waals surface area contributed by atoms with Crippen molar-refractivity contribution in [2.75, 3.05) is 11.9 Å². The van der Waals surface area contributed by atoms with Crippen molar-refractivity contribution < 1.29 is 4.79 Å². The monoisotopic (exact) mass is 413 g/mol. The van der Waals surface area contributed by atoms with Gasteiger partial charge in [0.05, 0.1) is 23.0 Å². The maximum absolute atomic E-state index is 11.8. The highest BCUT2D eigenvalue weighted by Gasteiger charge is 2.24. The molecule has 8 heteroatoms. The summed E-state index contributed by atoms with van der Waals surface area (Å²) in [5, 5.41) is 12.1. The van der Waals surface area contributed by atoms with E-state index >= 15 is 0 Å². The minimum atomic E-state index is -0.487. The Morgan fingerprint density at radius 2 is 2.03 bits per heavy atom. The number of hydrogen-bond donors (Lipinski definition) is 3. The Morgan fingerprint density at radius 3 is 2.84 bits per heavy atom. The van der Waals surface area contributed by atoms with Crippen LogP contribution in [0.1, 0.15) is 40.1 Å². The third-order valence-corrected chi connectivity index (χ3v) is 5.63. The second kappa shape index (κ2) is 7.81. The third kappa shape index (κ3) is 3.51. The summed E-state index contributed by atoms with van der Waals surface area (Å²) in [5.41, 5.74) is 9.96. The summed E-state index contributed by atoms with van der Waals surface area (Å²) < 4.78 is 1.66. The number of anilines is 1. The number of amides is 1. The first-order valence-electron chi connectivity index (χ1n) is 10.3. The van der Waals surface area contributed by atoms with E-state index in [1.807, 2.05) is 24.3 Å². The number of carbonyl (C=O) groups excluding carboxylic acids is 1. The molecule has 31 heavy (non-hydrogen) atoms. The van der Waals surface area contributed by atoms with Crippen molar-refractivity contribution >= 4 is 22.6 Å². The van der Waals surface area contributed by atoms with Crippen LogP contribution in [0.5, 0.6) is 0 Å². The molecule has 1 amide bonds. The molecule has 156 valence electrons. The number of carbonyl (C=O) groups is 1. The Hall–Kier alpha value is -3.78. The van der Waals surface area contributed by atoms with Gasteiger partial charge < -0.3 is 16.4 Å². The van der Waals surface area contributed by atoms with Gasteiger partial charge >= 0.3 is 0 Å². The van der Waals surface area contributed by atoms with Gasteiger partial charge in [-0.05, 0) is 37.6 Å². The van der Waals surface area contributed by atoms with Gasteiger partial charge in [0, 0.05) is 23.5 Å². The molecular weight excluding hydrogens is 390 g/mol. The van der Waals surface area contributed by atoms with E-state index in [9.17, 15) is 4.79 Å². The first kappa shape index (κ1) is 19.2. The highest BCUT2D eigenvalue weighted by molar-refractivity contribution is 6.05. The van der Waals surface area contributed by atoms with Gasteiger partial charge in [0.2, 0.25) is 5.91 Å². The van der Waals surface area contributed by atoms with Crippen molar-refractivity contribution in [3.05, 3.63) is 77.1 Å². The van der Waals surface area contributed by atoms with Crippen LogP contribution < -0.4 is 16.4 Å². The average Bonchev–Trinajstić information content (AvgIpc) is 3.22. The fourth-order valence-corrected chi connectivity index (χ4v) is 4.05. The third-order valence-electron chi connectivity index (χ3n) is 5.63. The summed E-state index contributed by atoms with van der Waals surface area (Å²) in [6.45, 7) is 3.64. The molecule has 0 saturated heterocycles. The molecule has 1 unspecified atom stereocenters. The fraction of sp³-hybridized carbons (Fsp3) is 0.217. The number of rotatable bonds is 5. The van der Waals surface area contributed by atoms with Gasteiger partial charge in [0.1, 0.15) is 5.82 Å². The Labute approximate surface area is 179 Å². The Balaban J connectivity index is 1.61. The Kier molecular flexibility index (Phi) is 4.83. The van der Waals surface area contributed by atoms with Gasteiger partial charge in [-0.1, -0.05) is 36.4 Å². The lowest BCUT2D eigenvalue weighted by atomic mass is 10.0. The van der Waals surface area contributed by atoms with Gasteiger partial charge in [-0.15, -0.1) is 0 Å². The van der Waals surface area contributed by atoms with E-state index in [4.69, 9.17) is 15.7 Å². The Morgan fingerprint density at radius 1 is 1.19 bits per heavy atom. The van der Waals surface area contributed by atoms with Crippen LogP contribution in [0, 0.1) is 0 Å². The highest BCUT2D eigenvalue weighted by atomic mass is 16.1. The van der Waals surface area contributed by atoms with Crippen molar-refractivity contribution in [1.82, 2.24) is 25.1 Å². The largest absolute Gasteiger partial charge is 0.366 e. The molecule has 4 N–H and O–H groups in total. The van der Waals surface area contributed by atoms with Crippen LogP contribution in [-0.2, 0) is 13.0 Å². The number of aromatic nitrogens is 4. The number of hydrogen-bond acceptors (Lipinski definition) is 6. The number of nitrogens with zero attached hydrogens (tertiary/aromatic N) is 4. The van der Waals surface area contributed by atoms with Gasteiger partial charge in [0.15, 0.2) is 0 Å². The molecule has 3 heterocycles. The molecule has 8 nitrogen and oxygen atoms in total. The van der Waals surface area contributed by atoms with Crippen LogP contribution in [0.3, 0.4) is 0 Å². The molecule has 1 aliphatic heterocycles. The minimum Gasteiger partial charge on any atom is -0.366 e. The maximum atomic E-state index is 11.8. The maximum Gasteiger partial charge on any atom is 0.253 e.